The molecule has 0 bridgehead atoms. The van der Waals surface area contributed by atoms with Gasteiger partial charge in [0.25, 0.3) is 11.8 Å². The average molecular weight is 352 g/mol. The van der Waals surface area contributed by atoms with Gasteiger partial charge < -0.3 is 15.0 Å². The number of imide groups is 1. The normalized spacial score (nSPS) is 21.4. The highest BCUT2D eigenvalue weighted by atomic mass is 16.5. The summed E-state index contributed by atoms with van der Waals surface area (Å²) < 4.78 is 5.17. The number of urea groups is 1. The van der Waals surface area contributed by atoms with Crippen LogP contribution in [0, 0.1) is 0 Å². The molecule has 0 spiro atoms. The van der Waals surface area contributed by atoms with Gasteiger partial charge in [0.05, 0.1) is 19.3 Å². The summed E-state index contributed by atoms with van der Waals surface area (Å²) in [6, 6.07) is 9.79. The number of benzene rings is 1. The molecule has 1 fully saturated rings. The van der Waals surface area contributed by atoms with Crippen molar-refractivity contribution in [3.63, 3.8) is 0 Å². The standard InChI is InChI=1S/C18H16N4O4/c1-26-12-6-5-11-9-22(15(23)13(11)8-12)10-18(14-4-2-3-7-19-14)16(24)20-17(25)21-18/h2-8H,9-10H2,1H3,(H2,20,21,24,25). The molecule has 8 heteroatoms. The highest BCUT2D eigenvalue weighted by Gasteiger charge is 2.51. The second-order valence-electron chi connectivity index (χ2n) is 6.21. The lowest BCUT2D eigenvalue weighted by Gasteiger charge is -2.30. The van der Waals surface area contributed by atoms with Gasteiger partial charge in [-0.2, -0.15) is 0 Å². The molecule has 2 N–H and O–H groups in total. The molecular formula is C18H16N4O4. The summed E-state index contributed by atoms with van der Waals surface area (Å²) >= 11 is 0. The lowest BCUT2D eigenvalue weighted by Crippen LogP contribution is -2.53. The number of amides is 4. The third-order valence-electron chi connectivity index (χ3n) is 4.67. The molecule has 2 aromatic rings. The summed E-state index contributed by atoms with van der Waals surface area (Å²) in [6.45, 7) is 0.327. The number of rotatable bonds is 4. The molecule has 26 heavy (non-hydrogen) atoms. The van der Waals surface area contributed by atoms with Crippen LogP contribution in [0.3, 0.4) is 0 Å². The molecule has 4 rings (SSSR count). The van der Waals surface area contributed by atoms with Gasteiger partial charge in [-0.05, 0) is 29.8 Å². The van der Waals surface area contributed by atoms with Crippen LogP contribution < -0.4 is 15.4 Å². The van der Waals surface area contributed by atoms with Crippen LogP contribution in [0.15, 0.2) is 42.6 Å². The Kier molecular flexibility index (Phi) is 3.61. The van der Waals surface area contributed by atoms with E-state index in [4.69, 9.17) is 4.74 Å². The van der Waals surface area contributed by atoms with Crippen LogP contribution in [0.2, 0.25) is 0 Å². The van der Waals surface area contributed by atoms with Gasteiger partial charge in [-0.1, -0.05) is 12.1 Å². The van der Waals surface area contributed by atoms with Crippen LogP contribution in [0.5, 0.6) is 5.75 Å². The van der Waals surface area contributed by atoms with Crippen molar-refractivity contribution in [1.29, 1.82) is 0 Å². The first kappa shape index (κ1) is 16.1. The van der Waals surface area contributed by atoms with Crippen molar-refractivity contribution in [1.82, 2.24) is 20.5 Å². The van der Waals surface area contributed by atoms with Crippen LogP contribution in [-0.2, 0) is 16.9 Å². The van der Waals surface area contributed by atoms with E-state index in [-0.39, 0.29) is 12.5 Å². The molecule has 3 heterocycles. The molecule has 8 nitrogen and oxygen atoms in total. The van der Waals surface area contributed by atoms with Crippen LogP contribution in [0.4, 0.5) is 4.79 Å². The minimum Gasteiger partial charge on any atom is -0.497 e. The van der Waals surface area contributed by atoms with Crippen molar-refractivity contribution < 1.29 is 19.1 Å². The Morgan fingerprint density at radius 1 is 1.23 bits per heavy atom. The molecule has 1 aromatic heterocycles. The van der Waals surface area contributed by atoms with Gasteiger partial charge in [0.15, 0.2) is 5.54 Å². The van der Waals surface area contributed by atoms with Gasteiger partial charge in [-0.15, -0.1) is 0 Å². The number of carbonyl (C=O) groups is 3. The van der Waals surface area contributed by atoms with E-state index in [2.05, 4.69) is 15.6 Å². The van der Waals surface area contributed by atoms with E-state index < -0.39 is 17.5 Å². The van der Waals surface area contributed by atoms with Gasteiger partial charge in [-0.3, -0.25) is 19.9 Å². The minimum atomic E-state index is -1.42. The Morgan fingerprint density at radius 3 is 2.73 bits per heavy atom. The molecule has 1 saturated heterocycles. The zero-order chi connectivity index (χ0) is 18.3. The fourth-order valence-electron chi connectivity index (χ4n) is 3.36. The molecule has 0 radical (unpaired) electrons. The Bertz CT molecular complexity index is 915. The molecular weight excluding hydrogens is 336 g/mol. The lowest BCUT2D eigenvalue weighted by molar-refractivity contribution is -0.124. The van der Waals surface area contributed by atoms with Gasteiger partial charge in [0, 0.05) is 18.3 Å². The number of ether oxygens (including phenoxy) is 1. The maximum Gasteiger partial charge on any atom is 0.322 e. The maximum absolute atomic E-state index is 12.8. The molecule has 1 atom stereocenters. The molecule has 1 unspecified atom stereocenters. The van der Waals surface area contributed by atoms with Crippen molar-refractivity contribution in [2.24, 2.45) is 0 Å². The van der Waals surface area contributed by atoms with E-state index in [1.807, 2.05) is 6.07 Å². The molecule has 2 aliphatic rings. The number of aromatic nitrogens is 1. The minimum absolute atomic E-state index is 0.0165. The van der Waals surface area contributed by atoms with E-state index >= 15 is 0 Å². The maximum atomic E-state index is 12.8. The summed E-state index contributed by atoms with van der Waals surface area (Å²) in [5.41, 5.74) is 0.340. The fourth-order valence-corrected chi connectivity index (χ4v) is 3.36. The van der Waals surface area contributed by atoms with E-state index in [0.717, 1.165) is 5.56 Å². The molecule has 132 valence electrons. The van der Waals surface area contributed by atoms with Crippen molar-refractivity contribution in [3.8, 4) is 5.75 Å². The van der Waals surface area contributed by atoms with Crippen LogP contribution >= 0.6 is 0 Å². The number of hydrogen-bond donors (Lipinski definition) is 2. The van der Waals surface area contributed by atoms with Gasteiger partial charge in [0.2, 0.25) is 0 Å². The molecule has 0 aliphatic carbocycles. The summed E-state index contributed by atoms with van der Waals surface area (Å²) in [5.74, 6) is -0.156. The molecule has 2 aliphatic heterocycles. The lowest BCUT2D eigenvalue weighted by atomic mass is 9.94. The van der Waals surface area contributed by atoms with Crippen molar-refractivity contribution >= 4 is 17.8 Å². The summed E-state index contributed by atoms with van der Waals surface area (Å²) in [6.07, 6.45) is 1.54. The third kappa shape index (κ3) is 2.38. The Morgan fingerprint density at radius 2 is 2.08 bits per heavy atom. The van der Waals surface area contributed by atoms with E-state index in [9.17, 15) is 14.4 Å². The smallest absolute Gasteiger partial charge is 0.322 e. The molecule has 4 amide bonds. The second kappa shape index (κ2) is 5.83. The van der Waals surface area contributed by atoms with Crippen molar-refractivity contribution in [2.45, 2.75) is 12.1 Å². The highest BCUT2D eigenvalue weighted by molar-refractivity contribution is 6.08. The number of nitrogens with one attached hydrogen (secondary N) is 2. The van der Waals surface area contributed by atoms with Gasteiger partial charge in [0.1, 0.15) is 5.75 Å². The first-order valence-corrected chi connectivity index (χ1v) is 8.05. The van der Waals surface area contributed by atoms with Crippen LogP contribution in [0.25, 0.3) is 0 Å². The SMILES string of the molecule is COc1ccc2c(c1)C(=O)N(CC1(c3ccccn3)NC(=O)NC1=O)C2. The first-order valence-electron chi connectivity index (χ1n) is 8.05. The largest absolute Gasteiger partial charge is 0.497 e. The Balaban J connectivity index is 1.69. The van der Waals surface area contributed by atoms with Gasteiger partial charge >= 0.3 is 6.03 Å². The molecule has 0 saturated carbocycles. The zero-order valence-electron chi connectivity index (χ0n) is 14.0. The predicted molar refractivity (Wildman–Crippen MR) is 90.3 cm³/mol. The van der Waals surface area contributed by atoms with Crippen LogP contribution in [-0.4, -0.2) is 41.4 Å². The summed E-state index contributed by atoms with van der Waals surface area (Å²) in [7, 11) is 1.54. The number of carbonyl (C=O) groups excluding carboxylic acids is 3. The number of hydrogen-bond acceptors (Lipinski definition) is 5. The Labute approximate surface area is 149 Å². The molecule has 1 aromatic carbocycles. The number of pyridine rings is 1. The van der Waals surface area contributed by atoms with Crippen molar-refractivity contribution in [3.05, 3.63) is 59.4 Å². The van der Waals surface area contributed by atoms with Crippen molar-refractivity contribution in [2.75, 3.05) is 13.7 Å². The van der Waals surface area contributed by atoms with E-state index in [1.54, 1.807) is 36.5 Å². The number of methoxy groups -OCH3 is 1. The monoisotopic (exact) mass is 352 g/mol. The topological polar surface area (TPSA) is 101 Å². The van der Waals surface area contributed by atoms with Gasteiger partial charge in [-0.25, -0.2) is 4.79 Å². The first-order chi connectivity index (χ1) is 12.5. The average Bonchev–Trinajstić information content (AvgIpc) is 3.12. The summed E-state index contributed by atoms with van der Waals surface area (Å²) in [4.78, 5) is 43.0. The zero-order valence-corrected chi connectivity index (χ0v) is 14.0. The second-order valence-corrected chi connectivity index (χ2v) is 6.21. The Hall–Kier alpha value is -3.42. The number of nitrogens with zero attached hydrogens (tertiary/aromatic N) is 2. The predicted octanol–water partition coefficient (Wildman–Crippen LogP) is 0.781. The number of fused-ring (bicyclic) bond motifs is 1. The van der Waals surface area contributed by atoms with E-state index in [0.29, 0.717) is 23.6 Å². The summed E-state index contributed by atoms with van der Waals surface area (Å²) in [5, 5.41) is 4.90. The fraction of sp³-hybridized carbons (Fsp3) is 0.222. The quantitative estimate of drug-likeness (QED) is 0.792. The van der Waals surface area contributed by atoms with Crippen LogP contribution in [0.1, 0.15) is 21.6 Å². The highest BCUT2D eigenvalue weighted by Crippen LogP contribution is 2.31. The van der Waals surface area contributed by atoms with E-state index in [1.165, 1.54) is 12.0 Å². The third-order valence-corrected chi connectivity index (χ3v) is 4.67.